The number of aliphatic carboxylic acids is 1. The van der Waals surface area contributed by atoms with Gasteiger partial charge >= 0.3 is 5.97 Å². The van der Waals surface area contributed by atoms with Crippen molar-refractivity contribution in [1.29, 1.82) is 0 Å². The van der Waals surface area contributed by atoms with E-state index in [-0.39, 0.29) is 17.9 Å². The molecule has 1 saturated heterocycles. The van der Waals surface area contributed by atoms with E-state index < -0.39 is 11.4 Å². The highest BCUT2D eigenvalue weighted by molar-refractivity contribution is 6.02. The smallest absolute Gasteiger partial charge is 0.319 e. The fourth-order valence-electron chi connectivity index (χ4n) is 2.87. The fraction of sp³-hybridized carbons (Fsp3) is 0.769. The molecule has 0 aromatic carbocycles. The van der Waals surface area contributed by atoms with Gasteiger partial charge in [0.25, 0.3) is 0 Å². The van der Waals surface area contributed by atoms with Crippen LogP contribution in [-0.4, -0.2) is 46.9 Å². The first kappa shape index (κ1) is 13.8. The van der Waals surface area contributed by atoms with Gasteiger partial charge in [-0.05, 0) is 25.7 Å². The molecule has 2 fully saturated rings. The van der Waals surface area contributed by atoms with Crippen molar-refractivity contribution in [2.45, 2.75) is 45.1 Å². The molecule has 1 heterocycles. The average molecular weight is 268 g/mol. The van der Waals surface area contributed by atoms with Crippen molar-refractivity contribution in [3.8, 4) is 0 Å². The normalized spacial score (nSPS) is 22.5. The highest BCUT2D eigenvalue weighted by Crippen LogP contribution is 2.43. The van der Waals surface area contributed by atoms with E-state index in [1.807, 2.05) is 0 Å². The molecule has 2 amide bonds. The van der Waals surface area contributed by atoms with Gasteiger partial charge in [0.15, 0.2) is 0 Å². The lowest BCUT2D eigenvalue weighted by Gasteiger charge is -2.42. The van der Waals surface area contributed by atoms with Crippen molar-refractivity contribution in [2.24, 2.45) is 5.41 Å². The molecule has 6 nitrogen and oxygen atoms in total. The molecule has 2 rings (SSSR count). The quantitative estimate of drug-likeness (QED) is 0.724. The Morgan fingerprint density at radius 3 is 2.16 bits per heavy atom. The molecule has 6 heteroatoms. The van der Waals surface area contributed by atoms with Crippen LogP contribution in [0.2, 0.25) is 0 Å². The summed E-state index contributed by atoms with van der Waals surface area (Å²) in [7, 11) is 0. The second-order valence-corrected chi connectivity index (χ2v) is 5.51. The lowest BCUT2D eigenvalue weighted by atomic mass is 9.67. The van der Waals surface area contributed by atoms with Crippen LogP contribution < -0.4 is 5.32 Å². The van der Waals surface area contributed by atoms with Gasteiger partial charge in [-0.3, -0.25) is 14.4 Å². The summed E-state index contributed by atoms with van der Waals surface area (Å²) in [5.74, 6) is -1.30. The Balaban J connectivity index is 1.92. The highest BCUT2D eigenvalue weighted by Gasteiger charge is 2.53. The molecule has 1 saturated carbocycles. The number of amides is 2. The summed E-state index contributed by atoms with van der Waals surface area (Å²) < 4.78 is 0. The molecule has 106 valence electrons. The van der Waals surface area contributed by atoms with E-state index in [4.69, 9.17) is 0 Å². The van der Waals surface area contributed by atoms with E-state index in [1.54, 1.807) is 4.90 Å². The first-order valence-corrected chi connectivity index (χ1v) is 6.75. The van der Waals surface area contributed by atoms with Gasteiger partial charge < -0.3 is 15.3 Å². The van der Waals surface area contributed by atoms with Gasteiger partial charge in [-0.1, -0.05) is 6.42 Å². The zero-order valence-corrected chi connectivity index (χ0v) is 11.1. The highest BCUT2D eigenvalue weighted by atomic mass is 16.4. The molecule has 0 unspecified atom stereocenters. The second kappa shape index (κ2) is 5.19. The predicted octanol–water partition coefficient (Wildman–Crippen LogP) is 0.368. The number of rotatable bonds is 3. The third-order valence-electron chi connectivity index (χ3n) is 4.22. The minimum Gasteiger partial charge on any atom is -0.480 e. The zero-order chi connectivity index (χ0) is 14.0. The number of piperidine rings is 1. The summed E-state index contributed by atoms with van der Waals surface area (Å²) >= 11 is 0. The van der Waals surface area contributed by atoms with E-state index in [2.05, 4.69) is 5.32 Å². The van der Waals surface area contributed by atoms with Crippen molar-refractivity contribution in [3.63, 3.8) is 0 Å². The summed E-state index contributed by atoms with van der Waals surface area (Å²) in [6, 6.07) is 0.101. The summed E-state index contributed by atoms with van der Waals surface area (Å²) in [6.45, 7) is 2.53. The molecular weight excluding hydrogens is 248 g/mol. The van der Waals surface area contributed by atoms with Gasteiger partial charge in [0.1, 0.15) is 5.41 Å². The van der Waals surface area contributed by atoms with Crippen LogP contribution >= 0.6 is 0 Å². The number of carbonyl (C=O) groups excluding carboxylic acids is 2. The minimum absolute atomic E-state index is 0.0641. The molecule has 0 aromatic heterocycles. The summed E-state index contributed by atoms with van der Waals surface area (Å²) in [5, 5.41) is 12.1. The number of hydrogen-bond acceptors (Lipinski definition) is 3. The van der Waals surface area contributed by atoms with Gasteiger partial charge in [0.05, 0.1) is 0 Å². The Morgan fingerprint density at radius 2 is 1.79 bits per heavy atom. The molecule has 0 atom stereocenters. The van der Waals surface area contributed by atoms with Gasteiger partial charge in [0.2, 0.25) is 11.8 Å². The third kappa shape index (κ3) is 2.57. The number of carboxylic acids is 1. The SMILES string of the molecule is CC(=O)NC1CCN(C(=O)C2(C(=O)O)CCC2)CC1. The van der Waals surface area contributed by atoms with E-state index in [0.29, 0.717) is 38.8 Å². The van der Waals surface area contributed by atoms with Gasteiger partial charge in [0, 0.05) is 26.1 Å². The van der Waals surface area contributed by atoms with E-state index in [0.717, 1.165) is 6.42 Å². The lowest BCUT2D eigenvalue weighted by molar-refractivity contribution is -0.168. The number of nitrogens with one attached hydrogen (secondary N) is 1. The molecule has 0 spiro atoms. The lowest BCUT2D eigenvalue weighted by Crippen LogP contribution is -2.55. The van der Waals surface area contributed by atoms with Crippen molar-refractivity contribution >= 4 is 17.8 Å². The molecule has 1 aliphatic carbocycles. The maximum atomic E-state index is 12.3. The van der Waals surface area contributed by atoms with Crippen LogP contribution in [0.4, 0.5) is 0 Å². The van der Waals surface area contributed by atoms with Crippen molar-refractivity contribution in [3.05, 3.63) is 0 Å². The van der Waals surface area contributed by atoms with E-state index >= 15 is 0 Å². The van der Waals surface area contributed by atoms with Gasteiger partial charge in [-0.2, -0.15) is 0 Å². The fourth-order valence-corrected chi connectivity index (χ4v) is 2.87. The number of likely N-dealkylation sites (tertiary alicyclic amines) is 1. The zero-order valence-electron chi connectivity index (χ0n) is 11.1. The molecular formula is C13H20N2O4. The Hall–Kier alpha value is -1.59. The largest absolute Gasteiger partial charge is 0.480 e. The monoisotopic (exact) mass is 268 g/mol. The van der Waals surface area contributed by atoms with Crippen molar-refractivity contribution < 1.29 is 19.5 Å². The standard InChI is InChI=1S/C13H20N2O4/c1-9(16)14-10-3-7-15(8-4-10)11(17)13(12(18)19)5-2-6-13/h10H,2-8H2,1H3,(H,14,16)(H,18,19). The minimum atomic E-state index is -1.17. The van der Waals surface area contributed by atoms with Crippen LogP contribution in [0, 0.1) is 5.41 Å². The van der Waals surface area contributed by atoms with Crippen molar-refractivity contribution in [2.75, 3.05) is 13.1 Å². The number of hydrogen-bond donors (Lipinski definition) is 2. The third-order valence-corrected chi connectivity index (χ3v) is 4.22. The summed E-state index contributed by atoms with van der Waals surface area (Å²) in [6.07, 6.45) is 3.10. The Morgan fingerprint density at radius 1 is 1.21 bits per heavy atom. The molecule has 19 heavy (non-hydrogen) atoms. The van der Waals surface area contributed by atoms with Crippen molar-refractivity contribution in [1.82, 2.24) is 10.2 Å². The predicted molar refractivity (Wildman–Crippen MR) is 67.3 cm³/mol. The number of nitrogens with zero attached hydrogens (tertiary/aromatic N) is 1. The van der Waals surface area contributed by atoms with E-state index in [9.17, 15) is 19.5 Å². The molecule has 0 radical (unpaired) electrons. The first-order chi connectivity index (χ1) is 8.95. The Kier molecular flexibility index (Phi) is 3.78. The molecule has 0 aromatic rings. The Labute approximate surface area is 112 Å². The van der Waals surface area contributed by atoms with Crippen LogP contribution in [0.1, 0.15) is 39.0 Å². The molecule has 2 N–H and O–H groups in total. The number of carbonyl (C=O) groups is 3. The topological polar surface area (TPSA) is 86.7 Å². The van der Waals surface area contributed by atoms with Crippen LogP contribution in [-0.2, 0) is 14.4 Å². The van der Waals surface area contributed by atoms with Crippen LogP contribution in [0.3, 0.4) is 0 Å². The van der Waals surface area contributed by atoms with Crippen LogP contribution in [0.25, 0.3) is 0 Å². The van der Waals surface area contributed by atoms with Crippen LogP contribution in [0.5, 0.6) is 0 Å². The Bertz CT molecular complexity index is 395. The molecule has 0 bridgehead atoms. The van der Waals surface area contributed by atoms with Gasteiger partial charge in [-0.15, -0.1) is 0 Å². The second-order valence-electron chi connectivity index (χ2n) is 5.51. The number of carboxylic acid groups (broad SMARTS) is 1. The first-order valence-electron chi connectivity index (χ1n) is 6.75. The summed E-state index contributed by atoms with van der Waals surface area (Å²) in [5.41, 5.74) is -1.17. The maximum Gasteiger partial charge on any atom is 0.319 e. The molecule has 2 aliphatic rings. The maximum absolute atomic E-state index is 12.3. The average Bonchev–Trinajstić information content (AvgIpc) is 2.26. The van der Waals surface area contributed by atoms with E-state index in [1.165, 1.54) is 6.92 Å². The summed E-state index contributed by atoms with van der Waals surface area (Å²) in [4.78, 5) is 36.2. The molecule has 1 aliphatic heterocycles. The van der Waals surface area contributed by atoms with Gasteiger partial charge in [-0.25, -0.2) is 0 Å². The van der Waals surface area contributed by atoms with Crippen LogP contribution in [0.15, 0.2) is 0 Å².